The predicted octanol–water partition coefficient (Wildman–Crippen LogP) is 6.31. The number of hydrogen-bond donors (Lipinski definition) is 4. The smallest absolute Gasteiger partial charge is 0.329 e. The highest BCUT2D eigenvalue weighted by molar-refractivity contribution is 6.26. The van der Waals surface area contributed by atoms with Crippen molar-refractivity contribution in [2.75, 3.05) is 0 Å². The normalized spacial score (nSPS) is 12.5. The minimum absolute atomic E-state index is 0.200. The quantitative estimate of drug-likeness (QED) is 0.137. The molecule has 0 heterocycles. The Balaban J connectivity index is 1.69. The number of carboxylic acids is 1. The van der Waals surface area contributed by atoms with Gasteiger partial charge in [-0.05, 0) is 76.9 Å². The minimum atomic E-state index is -1.44. The van der Waals surface area contributed by atoms with Crippen LogP contribution >= 0.6 is 0 Å². The van der Waals surface area contributed by atoms with Crippen molar-refractivity contribution in [3.8, 4) is 0 Å². The van der Waals surface area contributed by atoms with Gasteiger partial charge in [0, 0.05) is 5.56 Å². The first-order valence-corrected chi connectivity index (χ1v) is 15.4. The van der Waals surface area contributed by atoms with Gasteiger partial charge in [-0.2, -0.15) is 0 Å². The standard InChI is InChI=1S/C35H43N3O5/c1-7-33(8-2,30(40)37-34(9-3,10-4)31(41)38-35(11-5,12-6)32(42)43)36-29(39)26-21-19-24-17-16-22-14-13-15-23-18-20-25(26)28(24)27(22)23/h13-21H,7-12H2,1-6H3,(H,36,39)(H,37,40)(H,38,41)(H,42,43). The molecule has 0 aliphatic carbocycles. The van der Waals surface area contributed by atoms with E-state index in [1.165, 1.54) is 0 Å². The molecule has 0 fully saturated rings. The molecule has 0 unspecified atom stereocenters. The van der Waals surface area contributed by atoms with Gasteiger partial charge < -0.3 is 21.1 Å². The van der Waals surface area contributed by atoms with Crippen molar-refractivity contribution >= 4 is 56.0 Å². The first-order chi connectivity index (χ1) is 20.5. The van der Waals surface area contributed by atoms with E-state index < -0.39 is 34.4 Å². The van der Waals surface area contributed by atoms with Gasteiger partial charge in [0.25, 0.3) is 5.91 Å². The number of hydrogen-bond acceptors (Lipinski definition) is 4. The number of rotatable bonds is 13. The Morgan fingerprint density at radius 2 is 0.977 bits per heavy atom. The maximum Gasteiger partial charge on any atom is 0.329 e. The second-order valence-corrected chi connectivity index (χ2v) is 11.5. The molecule has 0 saturated carbocycles. The third-order valence-electron chi connectivity index (χ3n) is 9.73. The summed E-state index contributed by atoms with van der Waals surface area (Å²) in [5, 5.41) is 24.8. The summed E-state index contributed by atoms with van der Waals surface area (Å²) in [6, 6.07) is 18.0. The summed E-state index contributed by atoms with van der Waals surface area (Å²) in [4.78, 5) is 53.9. The molecule has 4 aromatic carbocycles. The number of carbonyl (C=O) groups is 4. The average molecular weight is 586 g/mol. The summed E-state index contributed by atoms with van der Waals surface area (Å²) < 4.78 is 0. The van der Waals surface area contributed by atoms with E-state index in [0.717, 1.165) is 32.3 Å². The SMILES string of the molecule is CCC(CC)(NC(=O)C(CC)(CC)NC(=O)C(CC)(CC)NC(=O)c1ccc2ccc3cccc4ccc1c2c34)C(=O)O. The average Bonchev–Trinajstić information content (AvgIpc) is 3.03. The number of amides is 3. The van der Waals surface area contributed by atoms with Crippen molar-refractivity contribution in [3.63, 3.8) is 0 Å². The zero-order valence-electron chi connectivity index (χ0n) is 26.0. The van der Waals surface area contributed by atoms with Crippen LogP contribution in [-0.4, -0.2) is 45.4 Å². The molecule has 8 nitrogen and oxygen atoms in total. The molecule has 0 spiro atoms. The van der Waals surface area contributed by atoms with Crippen LogP contribution < -0.4 is 16.0 Å². The Kier molecular flexibility index (Phi) is 9.00. The summed E-state index contributed by atoms with van der Waals surface area (Å²) in [5.41, 5.74) is -3.61. The fraction of sp³-hybridized carbons (Fsp3) is 0.429. The van der Waals surface area contributed by atoms with E-state index in [1.54, 1.807) is 33.8 Å². The molecule has 0 atom stereocenters. The largest absolute Gasteiger partial charge is 0.480 e. The Hall–Kier alpha value is -4.20. The number of carbonyl (C=O) groups excluding carboxylic acids is 3. The summed E-state index contributed by atoms with van der Waals surface area (Å²) >= 11 is 0. The number of benzene rings is 4. The van der Waals surface area contributed by atoms with Gasteiger partial charge in [-0.25, -0.2) is 4.79 Å². The Morgan fingerprint density at radius 1 is 0.558 bits per heavy atom. The predicted molar refractivity (Wildman–Crippen MR) is 171 cm³/mol. The van der Waals surface area contributed by atoms with Gasteiger partial charge in [0.1, 0.15) is 16.6 Å². The number of aliphatic carboxylic acids is 1. The highest BCUT2D eigenvalue weighted by atomic mass is 16.4. The summed E-state index contributed by atoms with van der Waals surface area (Å²) in [6.07, 6.45) is 1.48. The fourth-order valence-corrected chi connectivity index (χ4v) is 6.28. The lowest BCUT2D eigenvalue weighted by molar-refractivity contribution is -0.150. The molecule has 0 bridgehead atoms. The molecule has 0 radical (unpaired) electrons. The van der Waals surface area contributed by atoms with E-state index in [2.05, 4.69) is 40.2 Å². The third kappa shape index (κ3) is 5.28. The maximum atomic E-state index is 14.1. The van der Waals surface area contributed by atoms with Crippen LogP contribution in [0.15, 0.2) is 54.6 Å². The van der Waals surface area contributed by atoms with Crippen LogP contribution in [0.3, 0.4) is 0 Å². The van der Waals surface area contributed by atoms with E-state index in [1.807, 2.05) is 38.1 Å². The van der Waals surface area contributed by atoms with E-state index in [-0.39, 0.29) is 31.6 Å². The highest BCUT2D eigenvalue weighted by Crippen LogP contribution is 2.36. The van der Waals surface area contributed by atoms with E-state index in [9.17, 15) is 24.3 Å². The zero-order chi connectivity index (χ0) is 31.6. The Labute approximate surface area is 252 Å². The van der Waals surface area contributed by atoms with Gasteiger partial charge in [-0.3, -0.25) is 14.4 Å². The molecule has 8 heteroatoms. The molecule has 228 valence electrons. The summed E-state index contributed by atoms with van der Waals surface area (Å²) in [5.74, 6) is -2.51. The van der Waals surface area contributed by atoms with E-state index in [4.69, 9.17) is 0 Å². The van der Waals surface area contributed by atoms with Gasteiger partial charge in [-0.1, -0.05) is 90.1 Å². The Morgan fingerprint density at radius 3 is 1.47 bits per heavy atom. The molecule has 43 heavy (non-hydrogen) atoms. The summed E-state index contributed by atoms with van der Waals surface area (Å²) in [7, 11) is 0. The first kappa shape index (κ1) is 31.7. The molecule has 4 aromatic rings. The lowest BCUT2D eigenvalue weighted by Crippen LogP contribution is -2.68. The van der Waals surface area contributed by atoms with Crippen molar-refractivity contribution in [2.45, 2.75) is 96.7 Å². The van der Waals surface area contributed by atoms with Crippen molar-refractivity contribution < 1.29 is 24.3 Å². The molecular formula is C35H43N3O5. The van der Waals surface area contributed by atoms with Crippen molar-refractivity contribution in [1.82, 2.24) is 16.0 Å². The van der Waals surface area contributed by atoms with Crippen LogP contribution in [0, 0.1) is 0 Å². The molecule has 4 N–H and O–H groups in total. The van der Waals surface area contributed by atoms with Crippen molar-refractivity contribution in [2.24, 2.45) is 0 Å². The third-order valence-corrected chi connectivity index (χ3v) is 9.73. The zero-order valence-corrected chi connectivity index (χ0v) is 26.0. The lowest BCUT2D eigenvalue weighted by atomic mass is 9.84. The van der Waals surface area contributed by atoms with E-state index in [0.29, 0.717) is 18.4 Å². The van der Waals surface area contributed by atoms with Crippen LogP contribution in [0.25, 0.3) is 32.3 Å². The number of carboxylic acid groups (broad SMARTS) is 1. The number of nitrogens with one attached hydrogen (secondary N) is 3. The lowest BCUT2D eigenvalue weighted by Gasteiger charge is -2.40. The molecule has 0 saturated heterocycles. The van der Waals surface area contributed by atoms with Gasteiger partial charge in [0.05, 0.1) is 0 Å². The van der Waals surface area contributed by atoms with Gasteiger partial charge >= 0.3 is 5.97 Å². The Bertz CT molecular complexity index is 1650. The fourth-order valence-electron chi connectivity index (χ4n) is 6.28. The first-order valence-electron chi connectivity index (χ1n) is 15.4. The highest BCUT2D eigenvalue weighted by Gasteiger charge is 2.47. The molecule has 3 amide bonds. The molecule has 0 aromatic heterocycles. The molecular weight excluding hydrogens is 542 g/mol. The summed E-state index contributed by atoms with van der Waals surface area (Å²) in [6.45, 7) is 10.7. The van der Waals surface area contributed by atoms with Gasteiger partial charge in [0.15, 0.2) is 0 Å². The van der Waals surface area contributed by atoms with Crippen molar-refractivity contribution in [3.05, 3.63) is 60.2 Å². The minimum Gasteiger partial charge on any atom is -0.480 e. The van der Waals surface area contributed by atoms with Gasteiger partial charge in [-0.15, -0.1) is 0 Å². The monoisotopic (exact) mass is 585 g/mol. The van der Waals surface area contributed by atoms with Crippen LogP contribution in [0.4, 0.5) is 0 Å². The topological polar surface area (TPSA) is 125 Å². The molecule has 0 aliphatic heterocycles. The second kappa shape index (κ2) is 12.2. The van der Waals surface area contributed by atoms with Gasteiger partial charge in [0.2, 0.25) is 11.8 Å². The maximum absolute atomic E-state index is 14.1. The van der Waals surface area contributed by atoms with E-state index >= 15 is 0 Å². The van der Waals surface area contributed by atoms with Crippen LogP contribution in [0.5, 0.6) is 0 Å². The van der Waals surface area contributed by atoms with Crippen LogP contribution in [-0.2, 0) is 14.4 Å². The van der Waals surface area contributed by atoms with Crippen molar-refractivity contribution in [1.29, 1.82) is 0 Å². The van der Waals surface area contributed by atoms with Crippen LogP contribution in [0.1, 0.15) is 90.4 Å². The second-order valence-electron chi connectivity index (χ2n) is 11.5. The molecule has 4 rings (SSSR count). The molecule has 0 aliphatic rings. The van der Waals surface area contributed by atoms with Crippen LogP contribution in [0.2, 0.25) is 0 Å².